The molecule has 0 saturated carbocycles. The van der Waals surface area contributed by atoms with Crippen LogP contribution in [0.15, 0.2) is 30.7 Å². The Morgan fingerprint density at radius 1 is 1.22 bits per heavy atom. The first-order valence-electron chi connectivity index (χ1n) is 7.42. The van der Waals surface area contributed by atoms with Gasteiger partial charge in [-0.25, -0.2) is 4.98 Å². The molecule has 1 fully saturated rings. The maximum absolute atomic E-state index is 8.84. The highest BCUT2D eigenvalue weighted by Crippen LogP contribution is 2.21. The lowest BCUT2D eigenvalue weighted by Gasteiger charge is -2.33. The summed E-state index contributed by atoms with van der Waals surface area (Å²) in [5.41, 5.74) is 0.560. The van der Waals surface area contributed by atoms with Crippen molar-refractivity contribution >= 4 is 5.82 Å². The second-order valence-corrected chi connectivity index (χ2v) is 5.25. The molecule has 1 aliphatic rings. The van der Waals surface area contributed by atoms with E-state index in [0.717, 1.165) is 25.2 Å². The third kappa shape index (κ3) is 3.66. The predicted octanol–water partition coefficient (Wildman–Crippen LogP) is 1.80. The number of hydrogen-bond donors (Lipinski definition) is 0. The molecule has 0 aliphatic carbocycles. The molecule has 23 heavy (non-hydrogen) atoms. The summed E-state index contributed by atoms with van der Waals surface area (Å²) < 4.78 is 10.9. The molecule has 118 valence electrons. The molecule has 1 atom stereocenters. The molecule has 0 N–H and O–H groups in total. The van der Waals surface area contributed by atoms with Gasteiger partial charge in [-0.15, -0.1) is 0 Å². The molecule has 3 heterocycles. The zero-order valence-electron chi connectivity index (χ0n) is 12.8. The van der Waals surface area contributed by atoms with Crippen LogP contribution in [0.2, 0.25) is 0 Å². The third-order valence-electron chi connectivity index (χ3n) is 3.69. The maximum atomic E-state index is 8.84. The van der Waals surface area contributed by atoms with Crippen molar-refractivity contribution in [3.05, 3.63) is 36.3 Å². The van der Waals surface area contributed by atoms with Crippen LogP contribution < -0.4 is 14.4 Å². The van der Waals surface area contributed by atoms with Crippen molar-refractivity contribution in [2.75, 3.05) is 25.1 Å². The van der Waals surface area contributed by atoms with E-state index >= 15 is 0 Å². The smallest absolute Gasteiger partial charge is 0.316 e. The molecule has 1 saturated heterocycles. The molecule has 0 bridgehead atoms. The minimum absolute atomic E-state index is 0.00888. The van der Waals surface area contributed by atoms with Crippen LogP contribution in [0.25, 0.3) is 0 Å². The van der Waals surface area contributed by atoms with Gasteiger partial charge in [0.25, 0.3) is 0 Å². The summed E-state index contributed by atoms with van der Waals surface area (Å²) in [5, 5.41) is 8.84. The van der Waals surface area contributed by atoms with Crippen LogP contribution in [0, 0.1) is 11.3 Å². The first-order valence-corrected chi connectivity index (χ1v) is 7.42. The van der Waals surface area contributed by atoms with Crippen LogP contribution in [0.4, 0.5) is 5.82 Å². The number of anilines is 1. The third-order valence-corrected chi connectivity index (χ3v) is 3.69. The molecular weight excluding hydrogens is 294 g/mol. The minimum atomic E-state index is 0.00888. The van der Waals surface area contributed by atoms with Crippen molar-refractivity contribution in [1.82, 2.24) is 15.0 Å². The van der Waals surface area contributed by atoms with E-state index < -0.39 is 0 Å². The molecule has 0 amide bonds. The Kier molecular flexibility index (Phi) is 4.52. The summed E-state index contributed by atoms with van der Waals surface area (Å²) in [7, 11) is 1.57. The summed E-state index contributed by atoms with van der Waals surface area (Å²) in [6, 6.07) is 6.07. The van der Waals surface area contributed by atoms with E-state index in [0.29, 0.717) is 23.9 Å². The Labute approximate surface area is 134 Å². The molecule has 0 radical (unpaired) electrons. The molecule has 7 nitrogen and oxygen atoms in total. The summed E-state index contributed by atoms with van der Waals surface area (Å²) >= 11 is 0. The molecule has 1 unspecified atom stereocenters. The highest BCUT2D eigenvalue weighted by molar-refractivity contribution is 5.42. The minimum Gasteiger partial charge on any atom is -0.494 e. The number of piperidine rings is 1. The van der Waals surface area contributed by atoms with Crippen LogP contribution in [0.5, 0.6) is 11.8 Å². The van der Waals surface area contributed by atoms with Gasteiger partial charge in [0.05, 0.1) is 31.6 Å². The molecule has 7 heteroatoms. The van der Waals surface area contributed by atoms with Gasteiger partial charge in [0.2, 0.25) is 0 Å². The Balaban J connectivity index is 1.64. The number of nitrogens with zero attached hydrogens (tertiary/aromatic N) is 5. The van der Waals surface area contributed by atoms with Gasteiger partial charge in [0.1, 0.15) is 18.0 Å². The van der Waals surface area contributed by atoms with Gasteiger partial charge >= 0.3 is 6.01 Å². The number of rotatable bonds is 4. The molecular formula is C16H17N5O2. The van der Waals surface area contributed by atoms with E-state index in [1.54, 1.807) is 31.8 Å². The van der Waals surface area contributed by atoms with Gasteiger partial charge in [-0.1, -0.05) is 0 Å². The summed E-state index contributed by atoms with van der Waals surface area (Å²) in [4.78, 5) is 14.8. The van der Waals surface area contributed by atoms with Crippen LogP contribution in [0.3, 0.4) is 0 Å². The number of aromatic nitrogens is 3. The first-order chi connectivity index (χ1) is 11.3. The number of nitriles is 1. The standard InChI is InChI=1S/C16H17N5O2/c1-22-14-9-19-16(20-10-14)23-13-3-2-6-21(11-13)15-5-4-12(7-17)8-18-15/h4-5,8-10,13H,2-3,6,11H2,1H3. The lowest BCUT2D eigenvalue weighted by molar-refractivity contribution is 0.163. The highest BCUT2D eigenvalue weighted by Gasteiger charge is 2.23. The van der Waals surface area contributed by atoms with Gasteiger partial charge < -0.3 is 14.4 Å². The van der Waals surface area contributed by atoms with Crippen LogP contribution >= 0.6 is 0 Å². The zero-order chi connectivity index (χ0) is 16.1. The maximum Gasteiger partial charge on any atom is 0.316 e. The fourth-order valence-electron chi connectivity index (χ4n) is 2.50. The van der Waals surface area contributed by atoms with E-state index in [-0.39, 0.29) is 6.10 Å². The van der Waals surface area contributed by atoms with Crippen molar-refractivity contribution in [2.45, 2.75) is 18.9 Å². The zero-order valence-corrected chi connectivity index (χ0v) is 12.8. The van der Waals surface area contributed by atoms with E-state index in [9.17, 15) is 0 Å². The Hall–Kier alpha value is -2.88. The van der Waals surface area contributed by atoms with Crippen molar-refractivity contribution in [1.29, 1.82) is 5.26 Å². The molecule has 2 aromatic rings. The highest BCUT2D eigenvalue weighted by atomic mass is 16.5. The Bertz CT molecular complexity index is 681. The number of hydrogen-bond acceptors (Lipinski definition) is 7. The molecule has 1 aliphatic heterocycles. The summed E-state index contributed by atoms with van der Waals surface area (Å²) in [6.07, 6.45) is 6.72. The predicted molar refractivity (Wildman–Crippen MR) is 83.4 cm³/mol. The van der Waals surface area contributed by atoms with Crippen molar-refractivity contribution < 1.29 is 9.47 Å². The van der Waals surface area contributed by atoms with E-state index in [4.69, 9.17) is 14.7 Å². The average Bonchev–Trinajstić information content (AvgIpc) is 2.63. The van der Waals surface area contributed by atoms with Crippen LogP contribution in [-0.2, 0) is 0 Å². The normalized spacial score (nSPS) is 17.4. The van der Waals surface area contributed by atoms with Gasteiger partial charge in [-0.05, 0) is 25.0 Å². The largest absolute Gasteiger partial charge is 0.494 e. The molecule has 2 aromatic heterocycles. The lowest BCUT2D eigenvalue weighted by Crippen LogP contribution is -2.41. The average molecular weight is 311 g/mol. The molecule has 0 spiro atoms. The quantitative estimate of drug-likeness (QED) is 0.851. The van der Waals surface area contributed by atoms with E-state index in [1.165, 1.54) is 0 Å². The Morgan fingerprint density at radius 3 is 2.70 bits per heavy atom. The summed E-state index contributed by atoms with van der Waals surface area (Å²) in [5.74, 6) is 1.46. The number of methoxy groups -OCH3 is 1. The molecule has 3 rings (SSSR count). The van der Waals surface area contributed by atoms with E-state index in [1.807, 2.05) is 6.07 Å². The van der Waals surface area contributed by atoms with Crippen molar-refractivity contribution in [3.8, 4) is 17.8 Å². The monoisotopic (exact) mass is 311 g/mol. The van der Waals surface area contributed by atoms with Gasteiger partial charge in [0, 0.05) is 12.7 Å². The lowest BCUT2D eigenvalue weighted by atomic mass is 10.1. The topological polar surface area (TPSA) is 84.2 Å². The van der Waals surface area contributed by atoms with Crippen LogP contribution in [0.1, 0.15) is 18.4 Å². The van der Waals surface area contributed by atoms with Crippen molar-refractivity contribution in [3.63, 3.8) is 0 Å². The van der Waals surface area contributed by atoms with Crippen molar-refractivity contribution in [2.24, 2.45) is 0 Å². The first kappa shape index (κ1) is 15.0. The Morgan fingerprint density at radius 2 is 2.04 bits per heavy atom. The summed E-state index contributed by atoms with van der Waals surface area (Å²) in [6.45, 7) is 1.64. The number of pyridine rings is 1. The van der Waals surface area contributed by atoms with Gasteiger partial charge in [0.15, 0.2) is 5.75 Å². The second-order valence-electron chi connectivity index (χ2n) is 5.25. The fraction of sp³-hybridized carbons (Fsp3) is 0.375. The van der Waals surface area contributed by atoms with Gasteiger partial charge in [-0.3, -0.25) is 0 Å². The van der Waals surface area contributed by atoms with E-state index in [2.05, 4.69) is 25.9 Å². The van der Waals surface area contributed by atoms with Gasteiger partial charge in [-0.2, -0.15) is 15.2 Å². The SMILES string of the molecule is COc1cnc(OC2CCCN(c3ccc(C#N)cn3)C2)nc1. The number of ether oxygens (including phenoxy) is 2. The molecule has 0 aromatic carbocycles. The van der Waals surface area contributed by atoms with Crippen LogP contribution in [-0.4, -0.2) is 41.3 Å². The second kappa shape index (κ2) is 6.92. The fourth-order valence-corrected chi connectivity index (χ4v) is 2.50.